The Morgan fingerprint density at radius 3 is 2.47 bits per heavy atom. The molecule has 4 aromatic rings. The number of nitrogens with zero attached hydrogens (tertiary/aromatic N) is 4. The lowest BCUT2D eigenvalue weighted by Crippen LogP contribution is -2.00. The van der Waals surface area contributed by atoms with Gasteiger partial charge in [-0.1, -0.05) is 6.58 Å². The fourth-order valence-electron chi connectivity index (χ4n) is 3.10. The fraction of sp³-hybridized carbons (Fsp3) is 0.190. The summed E-state index contributed by atoms with van der Waals surface area (Å²) in [6, 6.07) is 5.70. The van der Waals surface area contributed by atoms with E-state index in [-0.39, 0.29) is 0 Å². The van der Waals surface area contributed by atoms with E-state index in [0.29, 0.717) is 29.0 Å². The van der Waals surface area contributed by atoms with E-state index in [4.69, 9.17) is 14.2 Å². The molecule has 0 unspecified atom stereocenters. The van der Waals surface area contributed by atoms with Crippen molar-refractivity contribution in [2.24, 2.45) is 0 Å². The molecule has 0 spiro atoms. The van der Waals surface area contributed by atoms with Crippen LogP contribution in [0, 0.1) is 0 Å². The number of fused-ring (bicyclic) bond motifs is 1. The van der Waals surface area contributed by atoms with Gasteiger partial charge in [-0.05, 0) is 23.9 Å². The van der Waals surface area contributed by atoms with Crippen LogP contribution in [0.1, 0.15) is 12.6 Å². The minimum absolute atomic E-state index is 0.470. The van der Waals surface area contributed by atoms with Crippen LogP contribution < -0.4 is 19.5 Å². The quantitative estimate of drug-likeness (QED) is 0.462. The summed E-state index contributed by atoms with van der Waals surface area (Å²) in [7, 11) is 4.74. The van der Waals surface area contributed by atoms with E-state index in [1.807, 2.05) is 41.3 Å². The number of methoxy groups -OCH3 is 3. The van der Waals surface area contributed by atoms with Crippen LogP contribution in [0.5, 0.6) is 17.2 Å². The molecular weight excluding hydrogens is 402 g/mol. The summed E-state index contributed by atoms with van der Waals surface area (Å²) in [6.45, 7) is 5.96. The third kappa shape index (κ3) is 3.55. The lowest BCUT2D eigenvalue weighted by molar-refractivity contribution is 0.324. The number of imidazole rings is 1. The molecule has 0 saturated carbocycles. The summed E-state index contributed by atoms with van der Waals surface area (Å²) < 4.78 is 18.1. The van der Waals surface area contributed by atoms with Gasteiger partial charge in [0.15, 0.2) is 17.3 Å². The van der Waals surface area contributed by atoms with E-state index in [1.165, 1.54) is 0 Å². The summed E-state index contributed by atoms with van der Waals surface area (Å²) in [5, 5.41) is 6.17. The molecular formula is C21H21N5O3S. The smallest absolute Gasteiger partial charge is 0.230 e. The van der Waals surface area contributed by atoms with Crippen LogP contribution in [0.2, 0.25) is 0 Å². The van der Waals surface area contributed by atoms with Crippen molar-refractivity contribution in [3.8, 4) is 22.9 Å². The van der Waals surface area contributed by atoms with Crippen molar-refractivity contribution in [1.82, 2.24) is 19.5 Å². The van der Waals surface area contributed by atoms with Crippen LogP contribution in [-0.4, -0.2) is 40.8 Å². The van der Waals surface area contributed by atoms with Gasteiger partial charge in [-0.2, -0.15) is 0 Å². The summed E-state index contributed by atoms with van der Waals surface area (Å²) in [4.78, 5) is 14.5. The zero-order chi connectivity index (χ0) is 21.3. The van der Waals surface area contributed by atoms with E-state index in [1.54, 1.807) is 39.0 Å². The van der Waals surface area contributed by atoms with Crippen molar-refractivity contribution < 1.29 is 14.2 Å². The molecule has 0 aliphatic rings. The van der Waals surface area contributed by atoms with Gasteiger partial charge < -0.3 is 24.1 Å². The van der Waals surface area contributed by atoms with E-state index < -0.39 is 0 Å². The van der Waals surface area contributed by atoms with Crippen molar-refractivity contribution >= 4 is 38.9 Å². The monoisotopic (exact) mass is 423 g/mol. The highest BCUT2D eigenvalue weighted by Gasteiger charge is 2.15. The fourth-order valence-corrected chi connectivity index (χ4v) is 3.86. The second kappa shape index (κ2) is 8.03. The summed E-state index contributed by atoms with van der Waals surface area (Å²) >= 11 is 1.56. The summed E-state index contributed by atoms with van der Waals surface area (Å²) in [5.41, 5.74) is 2.52. The van der Waals surface area contributed by atoms with Crippen LogP contribution in [0.3, 0.4) is 0 Å². The van der Waals surface area contributed by atoms with Crippen LogP contribution >= 0.6 is 11.3 Å². The number of aromatic nitrogens is 4. The van der Waals surface area contributed by atoms with Gasteiger partial charge >= 0.3 is 0 Å². The number of hydrogen-bond donors (Lipinski definition) is 1. The normalized spacial score (nSPS) is 10.8. The first kappa shape index (κ1) is 19.7. The molecule has 1 N–H and O–H groups in total. The molecule has 3 aromatic heterocycles. The molecule has 0 atom stereocenters. The molecule has 8 nitrogen and oxygen atoms in total. The molecule has 0 aliphatic heterocycles. The maximum atomic E-state index is 5.43. The van der Waals surface area contributed by atoms with Crippen molar-refractivity contribution in [1.29, 1.82) is 0 Å². The second-order valence-electron chi connectivity index (χ2n) is 6.49. The number of thiophene rings is 1. The van der Waals surface area contributed by atoms with E-state index >= 15 is 0 Å². The second-order valence-corrected chi connectivity index (χ2v) is 7.38. The Balaban J connectivity index is 1.67. The summed E-state index contributed by atoms with van der Waals surface area (Å²) in [5.74, 6) is 2.73. The molecule has 4 rings (SSSR count). The van der Waals surface area contributed by atoms with Crippen LogP contribution in [0.15, 0.2) is 42.7 Å². The number of benzene rings is 1. The van der Waals surface area contributed by atoms with E-state index in [9.17, 15) is 0 Å². The average molecular weight is 423 g/mol. The van der Waals surface area contributed by atoms with Crippen LogP contribution in [0.25, 0.3) is 21.5 Å². The summed E-state index contributed by atoms with van der Waals surface area (Å²) in [6.07, 6.45) is 3.52. The highest BCUT2D eigenvalue weighted by Crippen LogP contribution is 2.39. The Morgan fingerprint density at radius 1 is 1.10 bits per heavy atom. The molecule has 0 saturated heterocycles. The molecule has 0 amide bonds. The first-order valence-electron chi connectivity index (χ1n) is 9.06. The number of ether oxygens (including phenoxy) is 3. The minimum atomic E-state index is 0.470. The Morgan fingerprint density at radius 2 is 1.83 bits per heavy atom. The first-order valence-corrected chi connectivity index (χ1v) is 9.94. The number of anilines is 2. The molecule has 30 heavy (non-hydrogen) atoms. The molecule has 3 heterocycles. The third-order valence-corrected chi connectivity index (χ3v) is 5.31. The van der Waals surface area contributed by atoms with Crippen molar-refractivity contribution in [3.05, 3.63) is 48.4 Å². The molecule has 0 radical (unpaired) electrons. The zero-order valence-electron chi connectivity index (χ0n) is 17.1. The van der Waals surface area contributed by atoms with Crippen molar-refractivity contribution in [3.63, 3.8) is 0 Å². The average Bonchev–Trinajstić information content (AvgIpc) is 3.41. The number of nitrogens with one attached hydrogen (secondary N) is 1. The SMILES string of the molecule is C=C(C)c1nc(Nc2cn(-c3cc(OC)c(OC)c(OC)c3)cn2)nc2sccc12. The zero-order valence-corrected chi connectivity index (χ0v) is 17.9. The molecule has 0 bridgehead atoms. The van der Waals surface area contributed by atoms with Crippen molar-refractivity contribution in [2.45, 2.75) is 6.92 Å². The maximum absolute atomic E-state index is 5.43. The van der Waals surface area contributed by atoms with Gasteiger partial charge in [0.05, 0.1) is 38.9 Å². The van der Waals surface area contributed by atoms with Crippen molar-refractivity contribution in [2.75, 3.05) is 26.6 Å². The Kier molecular flexibility index (Phi) is 5.28. The number of hydrogen-bond acceptors (Lipinski definition) is 8. The number of rotatable bonds is 7. The van der Waals surface area contributed by atoms with Gasteiger partial charge in [-0.15, -0.1) is 11.3 Å². The maximum Gasteiger partial charge on any atom is 0.230 e. The standard InChI is InChI=1S/C21H21N5O3S/c1-12(2)18-14-6-7-30-20(14)25-21(24-18)23-17-10-26(11-22-17)13-8-15(27-3)19(29-5)16(9-13)28-4/h6-11H,1H2,2-5H3,(H,23,24,25). The molecule has 9 heteroatoms. The Hall–Kier alpha value is -3.59. The highest BCUT2D eigenvalue weighted by molar-refractivity contribution is 7.16. The third-order valence-electron chi connectivity index (χ3n) is 4.50. The number of allylic oxidation sites excluding steroid dienone is 1. The van der Waals surface area contributed by atoms with Gasteiger partial charge in [-0.25, -0.2) is 15.0 Å². The topological polar surface area (TPSA) is 83.3 Å². The van der Waals surface area contributed by atoms with E-state index in [2.05, 4.69) is 26.8 Å². The largest absolute Gasteiger partial charge is 0.493 e. The van der Waals surface area contributed by atoms with Gasteiger partial charge in [0.2, 0.25) is 11.7 Å². The predicted molar refractivity (Wildman–Crippen MR) is 119 cm³/mol. The van der Waals surface area contributed by atoms with Gasteiger partial charge in [0, 0.05) is 17.5 Å². The molecule has 0 fully saturated rings. The molecule has 1 aromatic carbocycles. The first-order chi connectivity index (χ1) is 14.5. The van der Waals surface area contributed by atoms with Crippen LogP contribution in [0.4, 0.5) is 11.8 Å². The highest BCUT2D eigenvalue weighted by atomic mass is 32.1. The lowest BCUT2D eigenvalue weighted by atomic mass is 10.2. The molecule has 154 valence electrons. The van der Waals surface area contributed by atoms with Crippen LogP contribution in [-0.2, 0) is 0 Å². The van der Waals surface area contributed by atoms with Gasteiger partial charge in [0.1, 0.15) is 11.2 Å². The lowest BCUT2D eigenvalue weighted by Gasteiger charge is -2.14. The van der Waals surface area contributed by atoms with Gasteiger partial charge in [0.25, 0.3) is 0 Å². The predicted octanol–water partition coefficient (Wildman–Crippen LogP) is 4.68. The Labute approximate surface area is 177 Å². The van der Waals surface area contributed by atoms with E-state index in [0.717, 1.165) is 27.2 Å². The van der Waals surface area contributed by atoms with Gasteiger partial charge in [-0.3, -0.25) is 0 Å². The Bertz CT molecular complexity index is 1210. The minimum Gasteiger partial charge on any atom is -0.493 e. The molecule has 0 aliphatic carbocycles.